The molecule has 1 aliphatic rings. The van der Waals surface area contributed by atoms with Gasteiger partial charge in [-0.1, -0.05) is 24.0 Å². The Bertz CT molecular complexity index is 1300. The summed E-state index contributed by atoms with van der Waals surface area (Å²) in [6.07, 6.45) is 2.53. The molecule has 0 aliphatic carbocycles. The lowest BCUT2D eigenvalue weighted by atomic mass is 10.1. The highest BCUT2D eigenvalue weighted by Crippen LogP contribution is 2.31. The number of halogens is 1. The normalized spacial score (nSPS) is 12.7. The Labute approximate surface area is 209 Å². The molecule has 0 fully saturated rings. The molecule has 0 atom stereocenters. The van der Waals surface area contributed by atoms with Crippen molar-refractivity contribution in [3.05, 3.63) is 89.0 Å². The van der Waals surface area contributed by atoms with Crippen molar-refractivity contribution in [2.45, 2.75) is 32.3 Å². The standard InChI is InChI=1S/C15H17NO3.C13H11FN2O/c1-15(2,18)8-6-11-4-5-13-12(10-11)16(3)14(17)7-9-19-13;14-11-3-1-9(2-4-11)7-10-5-6-16-12(8-10)13(15)17/h4-5,10,18H,7,9H2,1-3H3;1-6,8H,7H2,(H2,15,17). The van der Waals surface area contributed by atoms with E-state index in [1.54, 1.807) is 68.4 Å². The summed E-state index contributed by atoms with van der Waals surface area (Å²) in [6.45, 7) is 3.65. The Hall–Kier alpha value is -4.22. The predicted octanol–water partition coefficient (Wildman–Crippen LogP) is 3.46. The van der Waals surface area contributed by atoms with Gasteiger partial charge in [0.05, 0.1) is 18.7 Å². The summed E-state index contributed by atoms with van der Waals surface area (Å²) in [5.74, 6) is 5.53. The van der Waals surface area contributed by atoms with E-state index < -0.39 is 11.5 Å². The van der Waals surface area contributed by atoms with E-state index in [1.807, 2.05) is 6.07 Å². The van der Waals surface area contributed by atoms with Crippen LogP contribution in [0, 0.1) is 17.7 Å². The molecule has 0 radical (unpaired) electrons. The number of aliphatic hydroxyl groups is 1. The topological polar surface area (TPSA) is 106 Å². The fourth-order valence-corrected chi connectivity index (χ4v) is 3.31. The van der Waals surface area contributed by atoms with E-state index >= 15 is 0 Å². The Balaban J connectivity index is 0.000000202. The van der Waals surface area contributed by atoms with Crippen molar-refractivity contribution in [2.75, 3.05) is 18.6 Å². The lowest BCUT2D eigenvalue weighted by molar-refractivity contribution is -0.118. The molecule has 1 aromatic heterocycles. The Morgan fingerprint density at radius 2 is 1.89 bits per heavy atom. The Morgan fingerprint density at radius 3 is 2.56 bits per heavy atom. The van der Waals surface area contributed by atoms with Crippen LogP contribution in [0.25, 0.3) is 0 Å². The third-order valence-electron chi connectivity index (χ3n) is 5.18. The maximum absolute atomic E-state index is 12.7. The SMILES string of the molecule is CN1C(=O)CCOc2ccc(C#CC(C)(C)O)cc21.NC(=O)c1cc(Cc2ccc(F)cc2)ccn1. The summed E-state index contributed by atoms with van der Waals surface area (Å²) in [5, 5.41) is 9.59. The molecule has 8 heteroatoms. The molecule has 2 amide bonds. The third-order valence-corrected chi connectivity index (χ3v) is 5.18. The maximum Gasteiger partial charge on any atom is 0.267 e. The number of primary amides is 1. The number of carbonyl (C=O) groups excluding carboxylic acids is 2. The van der Waals surface area contributed by atoms with Gasteiger partial charge in [-0.25, -0.2) is 4.39 Å². The minimum atomic E-state index is -1.04. The molecule has 0 spiro atoms. The lowest BCUT2D eigenvalue weighted by Gasteiger charge is -2.16. The number of aromatic nitrogens is 1. The van der Waals surface area contributed by atoms with Crippen LogP contribution in [0.1, 0.15) is 47.4 Å². The lowest BCUT2D eigenvalue weighted by Crippen LogP contribution is -2.25. The quantitative estimate of drug-likeness (QED) is 0.548. The van der Waals surface area contributed by atoms with Gasteiger partial charge in [0, 0.05) is 18.8 Å². The minimum Gasteiger partial charge on any atom is -0.491 e. The number of nitrogens with zero attached hydrogens (tertiary/aromatic N) is 2. The van der Waals surface area contributed by atoms with Gasteiger partial charge >= 0.3 is 0 Å². The average molecular weight is 490 g/mol. The fraction of sp³-hybridized carbons (Fsp3) is 0.250. The molecular weight excluding hydrogens is 461 g/mol. The minimum absolute atomic E-state index is 0.0198. The van der Waals surface area contributed by atoms with E-state index in [9.17, 15) is 19.1 Å². The fourth-order valence-electron chi connectivity index (χ4n) is 3.31. The van der Waals surface area contributed by atoms with Crippen molar-refractivity contribution >= 4 is 17.5 Å². The first kappa shape index (κ1) is 26.4. The highest BCUT2D eigenvalue weighted by molar-refractivity contribution is 5.95. The van der Waals surface area contributed by atoms with Gasteiger partial charge in [-0.3, -0.25) is 14.6 Å². The van der Waals surface area contributed by atoms with E-state index in [2.05, 4.69) is 16.8 Å². The molecule has 7 nitrogen and oxygen atoms in total. The van der Waals surface area contributed by atoms with Crippen LogP contribution in [-0.2, 0) is 11.2 Å². The van der Waals surface area contributed by atoms with Gasteiger partial charge in [0.2, 0.25) is 5.91 Å². The molecular formula is C28H28FN3O4. The molecule has 4 rings (SSSR count). The second kappa shape index (κ2) is 11.5. The summed E-state index contributed by atoms with van der Waals surface area (Å²) in [7, 11) is 1.73. The molecule has 2 aromatic carbocycles. The smallest absolute Gasteiger partial charge is 0.267 e. The van der Waals surface area contributed by atoms with Crippen molar-refractivity contribution in [2.24, 2.45) is 5.73 Å². The predicted molar refractivity (Wildman–Crippen MR) is 135 cm³/mol. The van der Waals surface area contributed by atoms with E-state index in [0.29, 0.717) is 30.9 Å². The first-order valence-electron chi connectivity index (χ1n) is 11.3. The molecule has 0 saturated carbocycles. The van der Waals surface area contributed by atoms with Crippen LogP contribution in [0.3, 0.4) is 0 Å². The van der Waals surface area contributed by atoms with E-state index in [1.165, 1.54) is 12.1 Å². The first-order chi connectivity index (χ1) is 17.0. The van der Waals surface area contributed by atoms with Crippen LogP contribution in [0.4, 0.5) is 10.1 Å². The average Bonchev–Trinajstić information content (AvgIpc) is 2.97. The molecule has 2 heterocycles. The summed E-state index contributed by atoms with van der Waals surface area (Å²) in [5.41, 5.74) is 7.69. The second-order valence-electron chi connectivity index (χ2n) is 8.76. The van der Waals surface area contributed by atoms with Gasteiger partial charge in [0.15, 0.2) is 0 Å². The zero-order valence-electron chi connectivity index (χ0n) is 20.4. The molecule has 0 bridgehead atoms. The van der Waals surface area contributed by atoms with E-state index in [0.717, 1.165) is 16.7 Å². The van der Waals surface area contributed by atoms with Crippen LogP contribution in [0.5, 0.6) is 5.75 Å². The number of pyridine rings is 1. The molecule has 36 heavy (non-hydrogen) atoms. The molecule has 3 N–H and O–H groups in total. The second-order valence-corrected chi connectivity index (χ2v) is 8.76. The highest BCUT2D eigenvalue weighted by atomic mass is 19.1. The largest absolute Gasteiger partial charge is 0.491 e. The van der Waals surface area contributed by atoms with Crippen molar-refractivity contribution in [3.8, 4) is 17.6 Å². The number of hydrogen-bond acceptors (Lipinski definition) is 5. The molecule has 3 aromatic rings. The van der Waals surface area contributed by atoms with Crippen LogP contribution in [-0.4, -0.2) is 41.2 Å². The van der Waals surface area contributed by atoms with E-state index in [4.69, 9.17) is 10.5 Å². The molecule has 1 aliphatic heterocycles. The van der Waals surface area contributed by atoms with Gasteiger partial charge in [-0.2, -0.15) is 0 Å². The number of fused-ring (bicyclic) bond motifs is 1. The number of rotatable bonds is 3. The summed E-state index contributed by atoms with van der Waals surface area (Å²) in [4.78, 5) is 28.2. The van der Waals surface area contributed by atoms with Crippen LogP contribution in [0.2, 0.25) is 0 Å². The summed E-state index contributed by atoms with van der Waals surface area (Å²) >= 11 is 0. The third kappa shape index (κ3) is 7.65. The number of hydrogen-bond donors (Lipinski definition) is 2. The van der Waals surface area contributed by atoms with Crippen molar-refractivity contribution < 1.29 is 23.8 Å². The summed E-state index contributed by atoms with van der Waals surface area (Å²) in [6, 6.07) is 15.1. The van der Waals surface area contributed by atoms with Crippen LogP contribution < -0.4 is 15.4 Å². The zero-order chi connectivity index (χ0) is 26.3. The zero-order valence-corrected chi connectivity index (χ0v) is 20.4. The molecule has 186 valence electrons. The van der Waals surface area contributed by atoms with Crippen molar-refractivity contribution in [3.63, 3.8) is 0 Å². The number of anilines is 1. The number of carbonyl (C=O) groups is 2. The van der Waals surface area contributed by atoms with Crippen LogP contribution in [0.15, 0.2) is 60.8 Å². The molecule has 0 unspecified atom stereocenters. The molecule has 0 saturated heterocycles. The Morgan fingerprint density at radius 1 is 1.17 bits per heavy atom. The monoisotopic (exact) mass is 489 g/mol. The Kier molecular flexibility index (Phi) is 8.41. The number of amides is 2. The number of nitrogens with two attached hydrogens (primary N) is 1. The van der Waals surface area contributed by atoms with Gasteiger partial charge < -0.3 is 20.5 Å². The van der Waals surface area contributed by atoms with Crippen LogP contribution >= 0.6 is 0 Å². The summed E-state index contributed by atoms with van der Waals surface area (Å²) < 4.78 is 18.3. The highest BCUT2D eigenvalue weighted by Gasteiger charge is 2.20. The first-order valence-corrected chi connectivity index (χ1v) is 11.3. The number of ether oxygens (including phenoxy) is 1. The van der Waals surface area contributed by atoms with Gasteiger partial charge in [-0.15, -0.1) is 0 Å². The maximum atomic E-state index is 12.7. The van der Waals surface area contributed by atoms with Gasteiger partial charge in [0.1, 0.15) is 22.9 Å². The van der Waals surface area contributed by atoms with E-state index in [-0.39, 0.29) is 17.4 Å². The number of benzene rings is 2. The van der Waals surface area contributed by atoms with Gasteiger partial charge in [0.25, 0.3) is 5.91 Å². The van der Waals surface area contributed by atoms with Crippen molar-refractivity contribution in [1.82, 2.24) is 4.98 Å². The van der Waals surface area contributed by atoms with Gasteiger partial charge in [-0.05, 0) is 73.9 Å². The van der Waals surface area contributed by atoms with Crippen molar-refractivity contribution in [1.29, 1.82) is 0 Å².